The van der Waals surface area contributed by atoms with Crippen molar-refractivity contribution in [2.45, 2.75) is 27.3 Å². The Balaban J connectivity index is 0.000000461. The van der Waals surface area contributed by atoms with Gasteiger partial charge in [0, 0.05) is 11.9 Å². The molecule has 1 heterocycles. The zero-order valence-electron chi connectivity index (χ0n) is 6.88. The van der Waals surface area contributed by atoms with Crippen LogP contribution in [0.3, 0.4) is 0 Å². The summed E-state index contributed by atoms with van der Waals surface area (Å²) < 4.78 is 24.2. The Kier molecular flexibility index (Phi) is 4.41. The van der Waals surface area contributed by atoms with Crippen molar-refractivity contribution >= 4 is 0 Å². The second-order valence-corrected chi connectivity index (χ2v) is 1.69. The molecular formula is C7H12F2N2. The second-order valence-electron chi connectivity index (χ2n) is 1.69. The minimum Gasteiger partial charge on any atom is -0.209 e. The molecule has 1 aromatic rings. The van der Waals surface area contributed by atoms with E-state index in [0.717, 1.165) is 0 Å². The fraction of sp³-hybridized carbons (Fsp3) is 0.571. The zero-order chi connectivity index (χ0) is 8.85. The van der Waals surface area contributed by atoms with Crippen molar-refractivity contribution < 1.29 is 8.78 Å². The van der Waals surface area contributed by atoms with E-state index < -0.39 is 6.55 Å². The highest BCUT2D eigenvalue weighted by Crippen LogP contribution is 2.09. The Hall–Kier alpha value is -0.930. The van der Waals surface area contributed by atoms with Gasteiger partial charge in [-0.2, -0.15) is 13.9 Å². The standard InChI is InChI=1S/C5H6F2N2.C2H6/c1-4-2-3-8-9(4)5(6)7;1-2/h2-3,5H,1H3;1-2H3. The summed E-state index contributed by atoms with van der Waals surface area (Å²) in [5.74, 6) is 0. The van der Waals surface area contributed by atoms with Crippen LogP contribution >= 0.6 is 0 Å². The highest BCUT2D eigenvalue weighted by molar-refractivity contribution is 4.96. The molecule has 0 N–H and O–H groups in total. The van der Waals surface area contributed by atoms with Gasteiger partial charge in [0.25, 0.3) is 0 Å². The van der Waals surface area contributed by atoms with Crippen LogP contribution in [0, 0.1) is 6.92 Å². The molecule has 0 saturated carbocycles. The van der Waals surface area contributed by atoms with Crippen molar-refractivity contribution in [3.63, 3.8) is 0 Å². The third kappa shape index (κ3) is 2.65. The molecule has 0 atom stereocenters. The first kappa shape index (κ1) is 10.1. The van der Waals surface area contributed by atoms with Gasteiger partial charge in [-0.1, -0.05) is 13.8 Å². The lowest BCUT2D eigenvalue weighted by atomic mass is 10.5. The van der Waals surface area contributed by atoms with E-state index >= 15 is 0 Å². The van der Waals surface area contributed by atoms with Gasteiger partial charge in [0.05, 0.1) is 0 Å². The minimum atomic E-state index is -2.51. The zero-order valence-corrected chi connectivity index (χ0v) is 6.88. The Morgan fingerprint density at radius 3 is 2.18 bits per heavy atom. The van der Waals surface area contributed by atoms with Crippen molar-refractivity contribution in [2.75, 3.05) is 0 Å². The predicted octanol–water partition coefficient (Wildman–Crippen LogP) is 2.61. The first-order valence-corrected chi connectivity index (χ1v) is 3.50. The molecule has 0 unspecified atom stereocenters. The largest absolute Gasteiger partial charge is 0.333 e. The van der Waals surface area contributed by atoms with E-state index in [9.17, 15) is 8.78 Å². The topological polar surface area (TPSA) is 17.8 Å². The van der Waals surface area contributed by atoms with E-state index in [0.29, 0.717) is 10.4 Å². The molecule has 0 radical (unpaired) electrons. The van der Waals surface area contributed by atoms with Crippen LogP contribution in [0.4, 0.5) is 8.78 Å². The Bertz CT molecular complexity index is 196. The number of hydrogen-bond donors (Lipinski definition) is 0. The molecule has 11 heavy (non-hydrogen) atoms. The first-order valence-electron chi connectivity index (χ1n) is 3.50. The summed E-state index contributed by atoms with van der Waals surface area (Å²) in [6, 6.07) is 1.53. The van der Waals surface area contributed by atoms with Gasteiger partial charge in [-0.15, -0.1) is 0 Å². The van der Waals surface area contributed by atoms with Crippen LogP contribution in [-0.4, -0.2) is 9.78 Å². The maximum Gasteiger partial charge on any atom is 0.333 e. The number of aromatic nitrogens is 2. The van der Waals surface area contributed by atoms with E-state index in [4.69, 9.17) is 0 Å². The van der Waals surface area contributed by atoms with Crippen LogP contribution in [0.5, 0.6) is 0 Å². The van der Waals surface area contributed by atoms with Crippen molar-refractivity contribution in [1.29, 1.82) is 0 Å². The normalized spacial score (nSPS) is 9.27. The predicted molar refractivity (Wildman–Crippen MR) is 39.6 cm³/mol. The summed E-state index contributed by atoms with van der Waals surface area (Å²) >= 11 is 0. The molecule has 0 aromatic carbocycles. The van der Waals surface area contributed by atoms with E-state index in [2.05, 4.69) is 5.10 Å². The monoisotopic (exact) mass is 162 g/mol. The summed E-state index contributed by atoms with van der Waals surface area (Å²) in [6.45, 7) is 3.07. The van der Waals surface area contributed by atoms with Gasteiger partial charge >= 0.3 is 6.55 Å². The molecule has 0 aliphatic rings. The molecule has 0 fully saturated rings. The van der Waals surface area contributed by atoms with Gasteiger partial charge in [0.2, 0.25) is 0 Å². The Labute approximate surface area is 64.8 Å². The first-order chi connectivity index (χ1) is 5.22. The average molecular weight is 162 g/mol. The molecule has 0 amide bonds. The number of nitrogens with zero attached hydrogens (tertiary/aromatic N) is 2. The molecule has 2 nitrogen and oxygen atoms in total. The van der Waals surface area contributed by atoms with Gasteiger partial charge in [-0.3, -0.25) is 0 Å². The maximum absolute atomic E-state index is 11.8. The molecule has 0 aliphatic carbocycles. The van der Waals surface area contributed by atoms with E-state index in [1.165, 1.54) is 12.3 Å². The van der Waals surface area contributed by atoms with Gasteiger partial charge in [-0.05, 0) is 13.0 Å². The number of aryl methyl sites for hydroxylation is 1. The van der Waals surface area contributed by atoms with Crippen LogP contribution in [0.25, 0.3) is 0 Å². The number of halogens is 2. The molecule has 0 aliphatic heterocycles. The number of hydrogen-bond acceptors (Lipinski definition) is 1. The minimum absolute atomic E-state index is 0.477. The van der Waals surface area contributed by atoms with E-state index in [-0.39, 0.29) is 0 Å². The van der Waals surface area contributed by atoms with Crippen molar-refractivity contribution in [3.05, 3.63) is 18.0 Å². The molecule has 64 valence electrons. The van der Waals surface area contributed by atoms with Gasteiger partial charge in [0.1, 0.15) is 0 Å². The lowest BCUT2D eigenvalue weighted by Gasteiger charge is -1.98. The highest BCUT2D eigenvalue weighted by atomic mass is 19.3. The third-order valence-corrected chi connectivity index (χ3v) is 1.05. The van der Waals surface area contributed by atoms with Crippen LogP contribution < -0.4 is 0 Å². The lowest BCUT2D eigenvalue weighted by molar-refractivity contribution is 0.0544. The van der Waals surface area contributed by atoms with Crippen LogP contribution in [0.15, 0.2) is 12.3 Å². The van der Waals surface area contributed by atoms with Crippen molar-refractivity contribution in [3.8, 4) is 0 Å². The van der Waals surface area contributed by atoms with Gasteiger partial charge in [-0.25, -0.2) is 4.68 Å². The molecule has 1 aromatic heterocycles. The fourth-order valence-electron chi connectivity index (χ4n) is 0.585. The van der Waals surface area contributed by atoms with Crippen molar-refractivity contribution in [1.82, 2.24) is 9.78 Å². The van der Waals surface area contributed by atoms with Crippen LogP contribution in [0.1, 0.15) is 26.1 Å². The van der Waals surface area contributed by atoms with Crippen LogP contribution in [-0.2, 0) is 0 Å². The maximum atomic E-state index is 11.8. The lowest BCUT2D eigenvalue weighted by Crippen LogP contribution is -2.01. The van der Waals surface area contributed by atoms with Gasteiger partial charge in [0.15, 0.2) is 0 Å². The van der Waals surface area contributed by atoms with E-state index in [1.807, 2.05) is 13.8 Å². The summed E-state index contributed by atoms with van der Waals surface area (Å²) in [5.41, 5.74) is 0.477. The van der Waals surface area contributed by atoms with E-state index in [1.54, 1.807) is 6.92 Å². The average Bonchev–Trinajstić information content (AvgIpc) is 2.39. The molecule has 0 bridgehead atoms. The highest BCUT2D eigenvalue weighted by Gasteiger charge is 2.06. The molecule has 4 heteroatoms. The third-order valence-electron chi connectivity index (χ3n) is 1.05. The van der Waals surface area contributed by atoms with Crippen LogP contribution in [0.2, 0.25) is 0 Å². The summed E-state index contributed by atoms with van der Waals surface area (Å²) in [7, 11) is 0. The molecular weight excluding hydrogens is 150 g/mol. The Morgan fingerprint density at radius 2 is 2.00 bits per heavy atom. The fourth-order valence-corrected chi connectivity index (χ4v) is 0.585. The summed E-state index contributed by atoms with van der Waals surface area (Å²) in [5, 5.41) is 3.38. The number of alkyl halides is 2. The SMILES string of the molecule is CC.Cc1ccnn1C(F)F. The molecule has 0 spiro atoms. The van der Waals surface area contributed by atoms with Crippen molar-refractivity contribution in [2.24, 2.45) is 0 Å². The Morgan fingerprint density at radius 1 is 1.45 bits per heavy atom. The van der Waals surface area contributed by atoms with Gasteiger partial charge < -0.3 is 0 Å². The summed E-state index contributed by atoms with van der Waals surface area (Å²) in [6.07, 6.45) is 1.35. The second kappa shape index (κ2) is 4.82. The number of rotatable bonds is 1. The summed E-state index contributed by atoms with van der Waals surface area (Å²) in [4.78, 5) is 0. The quantitative estimate of drug-likeness (QED) is 0.620. The molecule has 0 saturated heterocycles. The smallest absolute Gasteiger partial charge is 0.209 e. The molecule has 1 rings (SSSR count).